The van der Waals surface area contributed by atoms with Crippen molar-refractivity contribution in [3.05, 3.63) is 0 Å². The number of carbonyl (C=O) groups is 1. The molecule has 1 saturated carbocycles. The van der Waals surface area contributed by atoms with Gasteiger partial charge in [-0.15, -0.1) is 0 Å². The number of carbonyl (C=O) groups excluding carboxylic acids is 1. The Balaban J connectivity index is 2.30. The largest absolute Gasteiger partial charge is 0.481 e. The quantitative estimate of drug-likeness (QED) is 0.440. The molecule has 1 aliphatic carbocycles. The first-order valence-corrected chi connectivity index (χ1v) is 3.04. The molecule has 10 heavy (non-hydrogen) atoms. The van der Waals surface area contributed by atoms with Crippen LogP contribution < -0.4 is 0 Å². The van der Waals surface area contributed by atoms with Crippen molar-refractivity contribution in [3.8, 4) is 0 Å². The van der Waals surface area contributed by atoms with Gasteiger partial charge < -0.3 is 5.11 Å². The van der Waals surface area contributed by atoms with Gasteiger partial charge in [-0.05, 0) is 12.8 Å². The van der Waals surface area contributed by atoms with Crippen molar-refractivity contribution >= 4 is 12.0 Å². The van der Waals surface area contributed by atoms with Crippen LogP contribution in [0.4, 0.5) is 0 Å². The zero-order chi connectivity index (χ0) is 7.56. The zero-order valence-corrected chi connectivity index (χ0v) is 5.28. The molecule has 0 heterocycles. The number of hydrogen-bond donors (Lipinski definition) is 1. The summed E-state index contributed by atoms with van der Waals surface area (Å²) in [6.07, 6.45) is 2.39. The van der Waals surface area contributed by atoms with E-state index < -0.39 is 5.97 Å². The summed E-state index contributed by atoms with van der Waals surface area (Å²) in [6.45, 7) is 0. The van der Waals surface area contributed by atoms with E-state index in [1.54, 1.807) is 0 Å². The minimum atomic E-state index is -0.794. The normalized spacial score (nSPS) is 30.0. The highest BCUT2D eigenvalue weighted by Gasteiger charge is 2.34. The first-order chi connectivity index (χ1) is 4.74. The van der Waals surface area contributed by atoms with E-state index in [-0.39, 0.29) is 12.0 Å². The SMILES string of the molecule is O=C=NC1CC(C(=O)O)C1. The highest BCUT2D eigenvalue weighted by atomic mass is 16.4. The average molecular weight is 141 g/mol. The van der Waals surface area contributed by atoms with Gasteiger partial charge in [0.1, 0.15) is 0 Å². The van der Waals surface area contributed by atoms with Crippen LogP contribution in [0.2, 0.25) is 0 Å². The standard InChI is InChI=1S/C6H7NO3/c8-3-7-5-1-4(2-5)6(9)10/h4-5H,1-2H2,(H,9,10). The summed E-state index contributed by atoms with van der Waals surface area (Å²) < 4.78 is 0. The first-order valence-electron chi connectivity index (χ1n) is 3.04. The van der Waals surface area contributed by atoms with Crippen LogP contribution in [0.25, 0.3) is 0 Å². The third kappa shape index (κ3) is 1.22. The smallest absolute Gasteiger partial charge is 0.306 e. The second kappa shape index (κ2) is 2.62. The molecule has 1 rings (SSSR count). The highest BCUT2D eigenvalue weighted by Crippen LogP contribution is 2.29. The maximum Gasteiger partial charge on any atom is 0.306 e. The molecule has 0 unspecified atom stereocenters. The van der Waals surface area contributed by atoms with Crippen LogP contribution in [0.1, 0.15) is 12.8 Å². The number of nitrogens with zero attached hydrogens (tertiary/aromatic N) is 1. The van der Waals surface area contributed by atoms with Crippen LogP contribution in [0.15, 0.2) is 4.99 Å². The third-order valence-corrected chi connectivity index (χ3v) is 1.70. The Kier molecular flexibility index (Phi) is 1.83. The summed E-state index contributed by atoms with van der Waals surface area (Å²) in [5.74, 6) is -1.08. The van der Waals surface area contributed by atoms with Gasteiger partial charge in [-0.2, -0.15) is 0 Å². The van der Waals surface area contributed by atoms with Gasteiger partial charge >= 0.3 is 5.97 Å². The molecule has 1 fully saturated rings. The molecule has 0 radical (unpaired) electrons. The van der Waals surface area contributed by atoms with Gasteiger partial charge in [0.05, 0.1) is 12.0 Å². The molecule has 54 valence electrons. The molecule has 0 amide bonds. The van der Waals surface area contributed by atoms with E-state index in [9.17, 15) is 9.59 Å². The Bertz CT molecular complexity index is 183. The lowest BCUT2D eigenvalue weighted by atomic mass is 9.81. The fourth-order valence-electron chi connectivity index (χ4n) is 0.969. The van der Waals surface area contributed by atoms with Gasteiger partial charge in [-0.1, -0.05) is 0 Å². The average Bonchev–Trinajstić information content (AvgIpc) is 1.76. The predicted molar refractivity (Wildman–Crippen MR) is 32.3 cm³/mol. The molecule has 0 bridgehead atoms. The van der Waals surface area contributed by atoms with Crippen molar-refractivity contribution in [2.45, 2.75) is 18.9 Å². The lowest BCUT2D eigenvalue weighted by Crippen LogP contribution is -2.32. The number of aliphatic carboxylic acids is 1. The van der Waals surface area contributed by atoms with Crippen LogP contribution in [-0.4, -0.2) is 23.2 Å². The van der Waals surface area contributed by atoms with Crippen molar-refractivity contribution < 1.29 is 14.7 Å². The van der Waals surface area contributed by atoms with E-state index in [0.29, 0.717) is 12.8 Å². The van der Waals surface area contributed by atoms with Gasteiger partial charge in [0, 0.05) is 0 Å². The number of carboxylic acids is 1. The van der Waals surface area contributed by atoms with E-state index in [1.807, 2.05) is 0 Å². The molecule has 0 spiro atoms. The Morgan fingerprint density at radius 1 is 1.60 bits per heavy atom. The Morgan fingerprint density at radius 3 is 2.60 bits per heavy atom. The van der Waals surface area contributed by atoms with Crippen molar-refractivity contribution in [3.63, 3.8) is 0 Å². The zero-order valence-electron chi connectivity index (χ0n) is 5.28. The fraction of sp³-hybridized carbons (Fsp3) is 0.667. The highest BCUT2D eigenvalue weighted by molar-refractivity contribution is 5.71. The molecule has 0 saturated heterocycles. The molecule has 0 aromatic carbocycles. The number of aliphatic imine (C=N–C) groups is 1. The molecular weight excluding hydrogens is 134 g/mol. The maximum atomic E-state index is 10.2. The number of hydrogen-bond acceptors (Lipinski definition) is 3. The van der Waals surface area contributed by atoms with E-state index in [4.69, 9.17) is 5.11 Å². The Hall–Kier alpha value is -1.15. The summed E-state index contributed by atoms with van der Waals surface area (Å²) in [6, 6.07) is -0.0846. The fourth-order valence-corrected chi connectivity index (χ4v) is 0.969. The van der Waals surface area contributed by atoms with E-state index in [1.165, 1.54) is 6.08 Å². The van der Waals surface area contributed by atoms with Crippen molar-refractivity contribution in [1.29, 1.82) is 0 Å². The van der Waals surface area contributed by atoms with E-state index >= 15 is 0 Å². The molecular formula is C6H7NO3. The molecule has 4 heteroatoms. The van der Waals surface area contributed by atoms with E-state index in [0.717, 1.165) is 0 Å². The van der Waals surface area contributed by atoms with Crippen molar-refractivity contribution in [2.75, 3.05) is 0 Å². The minimum Gasteiger partial charge on any atom is -0.481 e. The molecule has 0 atom stereocenters. The minimum absolute atomic E-state index is 0.0846. The Labute approximate surface area is 57.6 Å². The first kappa shape index (κ1) is 6.96. The molecule has 4 nitrogen and oxygen atoms in total. The predicted octanol–water partition coefficient (Wildman–Crippen LogP) is 0.185. The summed E-state index contributed by atoms with van der Waals surface area (Å²) in [5, 5.41) is 8.38. The third-order valence-electron chi connectivity index (χ3n) is 1.70. The number of rotatable bonds is 2. The van der Waals surface area contributed by atoms with Crippen molar-refractivity contribution in [1.82, 2.24) is 0 Å². The van der Waals surface area contributed by atoms with Gasteiger partial charge in [-0.25, -0.2) is 9.79 Å². The summed E-state index contributed by atoms with van der Waals surface area (Å²) in [7, 11) is 0. The lowest BCUT2D eigenvalue weighted by Gasteiger charge is -2.27. The van der Waals surface area contributed by atoms with Gasteiger partial charge in [-0.3, -0.25) is 4.79 Å². The molecule has 1 aliphatic rings. The topological polar surface area (TPSA) is 66.7 Å². The van der Waals surface area contributed by atoms with Crippen LogP contribution >= 0.6 is 0 Å². The van der Waals surface area contributed by atoms with Crippen molar-refractivity contribution in [2.24, 2.45) is 10.9 Å². The molecule has 1 N–H and O–H groups in total. The molecule has 0 aliphatic heterocycles. The molecule has 0 aromatic rings. The van der Waals surface area contributed by atoms with Gasteiger partial charge in [0.25, 0.3) is 0 Å². The number of carboxylic acid groups (broad SMARTS) is 1. The van der Waals surface area contributed by atoms with Crippen LogP contribution in [-0.2, 0) is 9.59 Å². The summed E-state index contributed by atoms with van der Waals surface area (Å²) >= 11 is 0. The van der Waals surface area contributed by atoms with Crippen LogP contribution in [0.3, 0.4) is 0 Å². The summed E-state index contributed by atoms with van der Waals surface area (Å²) in [5.41, 5.74) is 0. The second-order valence-electron chi connectivity index (χ2n) is 2.38. The van der Waals surface area contributed by atoms with Crippen LogP contribution in [0, 0.1) is 5.92 Å². The lowest BCUT2D eigenvalue weighted by molar-refractivity contribution is -0.144. The van der Waals surface area contributed by atoms with E-state index in [2.05, 4.69) is 4.99 Å². The van der Waals surface area contributed by atoms with Crippen LogP contribution in [0.5, 0.6) is 0 Å². The Morgan fingerprint density at radius 2 is 2.20 bits per heavy atom. The number of isocyanates is 1. The van der Waals surface area contributed by atoms with Gasteiger partial charge in [0.15, 0.2) is 0 Å². The molecule has 0 aromatic heterocycles. The van der Waals surface area contributed by atoms with Gasteiger partial charge in [0.2, 0.25) is 6.08 Å². The monoisotopic (exact) mass is 141 g/mol. The second-order valence-corrected chi connectivity index (χ2v) is 2.38. The maximum absolute atomic E-state index is 10.2. The summed E-state index contributed by atoms with van der Waals surface area (Å²) in [4.78, 5) is 23.2.